The molecule has 3 nitrogen and oxygen atoms in total. The molecule has 1 aromatic heterocycles. The lowest BCUT2D eigenvalue weighted by atomic mass is 10.1. The first-order chi connectivity index (χ1) is 11.5. The summed E-state index contributed by atoms with van der Waals surface area (Å²) in [7, 11) is 0. The summed E-state index contributed by atoms with van der Waals surface area (Å²) in [6.07, 6.45) is 6.57. The summed E-state index contributed by atoms with van der Waals surface area (Å²) in [6.45, 7) is 0. The SMILES string of the molecule is Cl.O=C(/C(=C/c1ccc(Cl)cc1Cl)n1ccnc1)c1ccc(Cl)cc1. The highest BCUT2D eigenvalue weighted by atomic mass is 35.5. The van der Waals surface area contributed by atoms with Crippen LogP contribution in [0.5, 0.6) is 0 Å². The van der Waals surface area contributed by atoms with Gasteiger partial charge >= 0.3 is 0 Å². The van der Waals surface area contributed by atoms with E-state index in [4.69, 9.17) is 34.8 Å². The highest BCUT2D eigenvalue weighted by Gasteiger charge is 2.15. The lowest BCUT2D eigenvalue weighted by Crippen LogP contribution is -2.08. The number of ketones is 1. The Bertz CT molecular complexity index is 903. The second-order valence-electron chi connectivity index (χ2n) is 5.00. The highest BCUT2D eigenvalue weighted by Crippen LogP contribution is 2.25. The molecule has 0 bridgehead atoms. The van der Waals surface area contributed by atoms with Crippen molar-refractivity contribution in [2.75, 3.05) is 0 Å². The van der Waals surface area contributed by atoms with Crippen molar-refractivity contribution < 1.29 is 4.79 Å². The fraction of sp³-hybridized carbons (Fsp3) is 0. The molecule has 0 saturated heterocycles. The van der Waals surface area contributed by atoms with Gasteiger partial charge in [-0.1, -0.05) is 40.9 Å². The maximum absolute atomic E-state index is 12.9. The predicted octanol–water partition coefficient (Wildman–Crippen LogP) is 6.15. The number of allylic oxidation sites excluding steroid dienone is 1. The zero-order valence-corrected chi connectivity index (χ0v) is 15.8. The number of imidazole rings is 1. The number of rotatable bonds is 4. The molecule has 0 aliphatic carbocycles. The number of hydrogen-bond donors (Lipinski definition) is 0. The predicted molar refractivity (Wildman–Crippen MR) is 106 cm³/mol. The molecule has 3 aromatic rings. The second-order valence-corrected chi connectivity index (χ2v) is 6.28. The largest absolute Gasteiger partial charge is 0.303 e. The van der Waals surface area contributed by atoms with Crippen molar-refractivity contribution in [1.82, 2.24) is 9.55 Å². The van der Waals surface area contributed by atoms with Crippen molar-refractivity contribution in [2.45, 2.75) is 0 Å². The second kappa shape index (κ2) is 8.54. The molecular formula is C18H12Cl4N2O. The maximum atomic E-state index is 12.9. The van der Waals surface area contributed by atoms with Crippen molar-refractivity contribution in [1.29, 1.82) is 0 Å². The van der Waals surface area contributed by atoms with Crippen LogP contribution in [0.4, 0.5) is 0 Å². The molecule has 2 aromatic carbocycles. The average Bonchev–Trinajstić information content (AvgIpc) is 3.08. The van der Waals surface area contributed by atoms with E-state index in [2.05, 4.69) is 4.98 Å². The molecule has 0 spiro atoms. The van der Waals surface area contributed by atoms with Crippen LogP contribution in [0.25, 0.3) is 11.8 Å². The molecule has 0 fully saturated rings. The van der Waals surface area contributed by atoms with Gasteiger partial charge in [0.1, 0.15) is 0 Å². The molecule has 128 valence electrons. The number of Topliss-reactive ketones (excluding diaryl/α,β-unsaturated/α-hetero) is 1. The molecule has 7 heteroatoms. The minimum Gasteiger partial charge on any atom is -0.303 e. The zero-order valence-electron chi connectivity index (χ0n) is 12.7. The quantitative estimate of drug-likeness (QED) is 0.380. The van der Waals surface area contributed by atoms with E-state index in [0.717, 1.165) is 0 Å². The average molecular weight is 414 g/mol. The van der Waals surface area contributed by atoms with Crippen LogP contribution < -0.4 is 0 Å². The van der Waals surface area contributed by atoms with E-state index in [9.17, 15) is 4.79 Å². The van der Waals surface area contributed by atoms with E-state index < -0.39 is 0 Å². The molecule has 1 heterocycles. The number of carbonyl (C=O) groups is 1. The van der Waals surface area contributed by atoms with Crippen LogP contribution in [-0.4, -0.2) is 15.3 Å². The molecule has 0 amide bonds. The molecule has 0 unspecified atom stereocenters. The van der Waals surface area contributed by atoms with Gasteiger partial charge in [0.15, 0.2) is 0 Å². The molecule has 0 aliphatic heterocycles. The monoisotopic (exact) mass is 412 g/mol. The summed E-state index contributed by atoms with van der Waals surface area (Å²) >= 11 is 18.0. The summed E-state index contributed by atoms with van der Waals surface area (Å²) in [4.78, 5) is 16.9. The minimum atomic E-state index is -0.171. The summed E-state index contributed by atoms with van der Waals surface area (Å²) in [5.74, 6) is -0.171. The van der Waals surface area contributed by atoms with Crippen molar-refractivity contribution in [3.05, 3.63) is 87.4 Å². The lowest BCUT2D eigenvalue weighted by Gasteiger charge is -2.09. The summed E-state index contributed by atoms with van der Waals surface area (Å²) in [5, 5.41) is 1.56. The Morgan fingerprint density at radius 2 is 1.68 bits per heavy atom. The maximum Gasteiger partial charge on any atom is 0.209 e. The van der Waals surface area contributed by atoms with Crippen LogP contribution in [0, 0.1) is 0 Å². The number of nitrogens with zero attached hydrogens (tertiary/aromatic N) is 2. The van der Waals surface area contributed by atoms with Crippen LogP contribution in [0.15, 0.2) is 61.2 Å². The molecule has 0 aliphatic rings. The molecule has 0 saturated carbocycles. The van der Waals surface area contributed by atoms with Gasteiger partial charge in [0.05, 0.1) is 12.0 Å². The standard InChI is InChI=1S/C18H11Cl3N2O.ClH/c19-14-4-1-12(2-5-14)18(24)17(23-8-7-22-11-23)9-13-3-6-15(20)10-16(13)21;/h1-11H;1H/b17-9-;. The van der Waals surface area contributed by atoms with Crippen molar-refractivity contribution in [2.24, 2.45) is 0 Å². The van der Waals surface area contributed by atoms with Gasteiger partial charge in [-0.3, -0.25) is 4.79 Å². The van der Waals surface area contributed by atoms with Crippen molar-refractivity contribution in [3.63, 3.8) is 0 Å². The van der Waals surface area contributed by atoms with E-state index >= 15 is 0 Å². The van der Waals surface area contributed by atoms with Crippen LogP contribution in [0.1, 0.15) is 15.9 Å². The minimum absolute atomic E-state index is 0. The van der Waals surface area contributed by atoms with Gasteiger partial charge in [-0.15, -0.1) is 12.4 Å². The molecular weight excluding hydrogens is 402 g/mol. The summed E-state index contributed by atoms with van der Waals surface area (Å²) < 4.78 is 1.64. The van der Waals surface area contributed by atoms with Gasteiger partial charge in [-0.05, 0) is 48.0 Å². The smallest absolute Gasteiger partial charge is 0.209 e. The first kappa shape index (κ1) is 19.5. The third-order valence-electron chi connectivity index (χ3n) is 3.38. The lowest BCUT2D eigenvalue weighted by molar-refractivity contribution is 0.105. The Balaban J connectivity index is 0.00000225. The van der Waals surface area contributed by atoms with Crippen LogP contribution in [0.3, 0.4) is 0 Å². The summed E-state index contributed by atoms with van der Waals surface area (Å²) in [5.41, 5.74) is 1.62. The van der Waals surface area contributed by atoms with E-state index in [-0.39, 0.29) is 18.2 Å². The first-order valence-electron chi connectivity index (χ1n) is 7.00. The zero-order chi connectivity index (χ0) is 17.1. The Hall–Kier alpha value is -1.78. The van der Waals surface area contributed by atoms with E-state index in [0.29, 0.717) is 31.9 Å². The third-order valence-corrected chi connectivity index (χ3v) is 4.19. The Morgan fingerprint density at radius 3 is 2.28 bits per heavy atom. The van der Waals surface area contributed by atoms with Gasteiger partial charge in [0, 0.05) is 33.0 Å². The van der Waals surface area contributed by atoms with E-state index in [1.54, 1.807) is 71.8 Å². The number of aromatic nitrogens is 2. The number of halogens is 4. The van der Waals surface area contributed by atoms with Gasteiger partial charge in [-0.25, -0.2) is 4.98 Å². The van der Waals surface area contributed by atoms with Crippen LogP contribution >= 0.6 is 47.2 Å². The molecule has 0 atom stereocenters. The number of carbonyl (C=O) groups excluding carboxylic acids is 1. The van der Waals surface area contributed by atoms with E-state index in [1.807, 2.05) is 0 Å². The van der Waals surface area contributed by atoms with Gasteiger partial charge in [0.25, 0.3) is 0 Å². The van der Waals surface area contributed by atoms with Gasteiger partial charge in [-0.2, -0.15) is 0 Å². The van der Waals surface area contributed by atoms with E-state index in [1.165, 1.54) is 0 Å². The molecule has 25 heavy (non-hydrogen) atoms. The van der Waals surface area contributed by atoms with Gasteiger partial charge < -0.3 is 4.57 Å². The third kappa shape index (κ3) is 4.65. The molecule has 0 radical (unpaired) electrons. The Kier molecular flexibility index (Phi) is 6.68. The van der Waals surface area contributed by atoms with Crippen molar-refractivity contribution >= 4 is 64.8 Å². The fourth-order valence-electron chi connectivity index (χ4n) is 2.17. The fourth-order valence-corrected chi connectivity index (χ4v) is 2.76. The Labute approximate surface area is 166 Å². The Morgan fingerprint density at radius 1 is 1.00 bits per heavy atom. The number of hydrogen-bond acceptors (Lipinski definition) is 2. The molecule has 0 N–H and O–H groups in total. The topological polar surface area (TPSA) is 34.9 Å². The van der Waals surface area contributed by atoms with Gasteiger partial charge in [0.2, 0.25) is 5.78 Å². The van der Waals surface area contributed by atoms with Crippen LogP contribution in [0.2, 0.25) is 15.1 Å². The molecule has 3 rings (SSSR count). The van der Waals surface area contributed by atoms with Crippen molar-refractivity contribution in [3.8, 4) is 0 Å². The highest BCUT2D eigenvalue weighted by molar-refractivity contribution is 6.36. The first-order valence-corrected chi connectivity index (χ1v) is 8.13. The summed E-state index contributed by atoms with van der Waals surface area (Å²) in [6, 6.07) is 11.8. The van der Waals surface area contributed by atoms with Crippen LogP contribution in [-0.2, 0) is 0 Å². The normalized spacial score (nSPS) is 11.1. The number of benzene rings is 2.